The lowest BCUT2D eigenvalue weighted by molar-refractivity contribution is -0.0394. The molecule has 0 amide bonds. The van der Waals surface area contributed by atoms with Crippen LogP contribution in [0.25, 0.3) is 0 Å². The molecular formula is C11H15FN2O3. The Labute approximate surface area is 97.9 Å². The highest BCUT2D eigenvalue weighted by Gasteiger charge is 2.37. The van der Waals surface area contributed by atoms with E-state index in [0.717, 1.165) is 10.1 Å². The molecule has 1 unspecified atom stereocenters. The molecule has 1 saturated heterocycles. The first-order chi connectivity index (χ1) is 8.02. The fraction of sp³-hybridized carbons (Fsp3) is 0.636. The first-order valence-electron chi connectivity index (χ1n) is 5.49. The molecule has 5 nitrogen and oxygen atoms in total. The standard InChI is InChI=1S/C11H15FN2O3/c1-6-4-14(11(16)13-7(6)2)10-9(12)3-8(5-15)17-10/h4,8-10,15H,3,5H2,1-2H3/t8?,9-,10+/m1/s1. The van der Waals surface area contributed by atoms with E-state index >= 15 is 0 Å². The van der Waals surface area contributed by atoms with Crippen LogP contribution in [0.15, 0.2) is 11.0 Å². The van der Waals surface area contributed by atoms with Crippen molar-refractivity contribution in [3.63, 3.8) is 0 Å². The number of aliphatic hydroxyl groups excluding tert-OH is 1. The number of aryl methyl sites for hydroxylation is 2. The van der Waals surface area contributed by atoms with E-state index in [1.165, 1.54) is 0 Å². The van der Waals surface area contributed by atoms with Gasteiger partial charge in [-0.05, 0) is 19.4 Å². The largest absolute Gasteiger partial charge is 0.394 e. The molecular weight excluding hydrogens is 227 g/mol. The van der Waals surface area contributed by atoms with Crippen LogP contribution in [-0.2, 0) is 4.74 Å². The number of hydrogen-bond acceptors (Lipinski definition) is 4. The molecule has 0 aliphatic carbocycles. The zero-order valence-electron chi connectivity index (χ0n) is 9.76. The second-order valence-corrected chi connectivity index (χ2v) is 4.28. The number of aliphatic hydroxyl groups is 1. The van der Waals surface area contributed by atoms with Gasteiger partial charge in [-0.2, -0.15) is 4.98 Å². The number of rotatable bonds is 2. The van der Waals surface area contributed by atoms with Crippen LogP contribution < -0.4 is 5.69 Å². The van der Waals surface area contributed by atoms with Crippen LogP contribution in [0.1, 0.15) is 23.9 Å². The summed E-state index contributed by atoms with van der Waals surface area (Å²) in [6.07, 6.45) is -1.19. The quantitative estimate of drug-likeness (QED) is 0.819. The lowest BCUT2D eigenvalue weighted by atomic mass is 10.2. The summed E-state index contributed by atoms with van der Waals surface area (Å²) in [4.78, 5) is 15.5. The molecule has 0 spiro atoms. The molecule has 1 aliphatic rings. The minimum Gasteiger partial charge on any atom is -0.394 e. The third-order valence-electron chi connectivity index (χ3n) is 2.99. The van der Waals surface area contributed by atoms with E-state index in [0.29, 0.717) is 5.69 Å². The monoisotopic (exact) mass is 242 g/mol. The maximum Gasteiger partial charge on any atom is 0.350 e. The average molecular weight is 242 g/mol. The van der Waals surface area contributed by atoms with Gasteiger partial charge in [0.25, 0.3) is 0 Å². The Morgan fingerprint density at radius 3 is 2.94 bits per heavy atom. The van der Waals surface area contributed by atoms with Crippen LogP contribution in [0.2, 0.25) is 0 Å². The topological polar surface area (TPSA) is 64.3 Å². The highest BCUT2D eigenvalue weighted by molar-refractivity contribution is 5.12. The van der Waals surface area contributed by atoms with Crippen LogP contribution >= 0.6 is 0 Å². The van der Waals surface area contributed by atoms with E-state index in [4.69, 9.17) is 9.84 Å². The number of alkyl halides is 1. The smallest absolute Gasteiger partial charge is 0.350 e. The number of ether oxygens (including phenoxy) is 1. The number of aromatic nitrogens is 2. The van der Waals surface area contributed by atoms with Crippen molar-refractivity contribution in [1.82, 2.24) is 9.55 Å². The maximum absolute atomic E-state index is 13.7. The van der Waals surface area contributed by atoms with Gasteiger partial charge < -0.3 is 9.84 Å². The molecule has 0 saturated carbocycles. The molecule has 2 rings (SSSR count). The molecule has 3 atom stereocenters. The van der Waals surface area contributed by atoms with Gasteiger partial charge in [0.15, 0.2) is 6.23 Å². The summed E-state index contributed by atoms with van der Waals surface area (Å²) in [5.41, 5.74) is 0.894. The van der Waals surface area contributed by atoms with Crippen molar-refractivity contribution in [2.75, 3.05) is 6.61 Å². The molecule has 17 heavy (non-hydrogen) atoms. The van der Waals surface area contributed by atoms with Gasteiger partial charge in [-0.1, -0.05) is 0 Å². The summed E-state index contributed by atoms with van der Waals surface area (Å²) < 4.78 is 20.1. The third kappa shape index (κ3) is 2.23. The SMILES string of the molecule is Cc1cn([C@H]2OC(CO)C[C@H]2F)c(=O)nc1C. The molecule has 6 heteroatoms. The van der Waals surface area contributed by atoms with Gasteiger partial charge in [0.2, 0.25) is 0 Å². The highest BCUT2D eigenvalue weighted by atomic mass is 19.1. The molecule has 0 bridgehead atoms. The lowest BCUT2D eigenvalue weighted by Gasteiger charge is -2.17. The van der Waals surface area contributed by atoms with E-state index in [1.54, 1.807) is 20.0 Å². The maximum atomic E-state index is 13.7. The summed E-state index contributed by atoms with van der Waals surface area (Å²) >= 11 is 0. The van der Waals surface area contributed by atoms with Gasteiger partial charge in [0.1, 0.15) is 6.17 Å². The van der Waals surface area contributed by atoms with Crippen molar-refractivity contribution in [2.24, 2.45) is 0 Å². The third-order valence-corrected chi connectivity index (χ3v) is 2.99. The van der Waals surface area contributed by atoms with Gasteiger partial charge in [-0.15, -0.1) is 0 Å². The predicted octanol–water partition coefficient (Wildman–Crippen LogP) is 0.478. The van der Waals surface area contributed by atoms with Crippen molar-refractivity contribution in [3.8, 4) is 0 Å². The minimum absolute atomic E-state index is 0.0977. The molecule has 1 N–H and O–H groups in total. The van der Waals surface area contributed by atoms with Gasteiger partial charge >= 0.3 is 5.69 Å². The molecule has 0 radical (unpaired) electrons. The van der Waals surface area contributed by atoms with Crippen molar-refractivity contribution in [1.29, 1.82) is 0 Å². The highest BCUT2D eigenvalue weighted by Crippen LogP contribution is 2.30. The second-order valence-electron chi connectivity index (χ2n) is 4.28. The molecule has 94 valence electrons. The van der Waals surface area contributed by atoms with Gasteiger partial charge in [-0.3, -0.25) is 4.57 Å². The van der Waals surface area contributed by atoms with Gasteiger partial charge in [0, 0.05) is 18.3 Å². The fourth-order valence-electron chi connectivity index (χ4n) is 1.89. The summed E-state index contributed by atoms with van der Waals surface area (Å²) in [6, 6.07) is 0. The van der Waals surface area contributed by atoms with Crippen LogP contribution in [0.3, 0.4) is 0 Å². The molecule has 1 aromatic heterocycles. The average Bonchev–Trinajstić information content (AvgIpc) is 2.65. The minimum atomic E-state index is -1.30. The number of hydrogen-bond donors (Lipinski definition) is 1. The Hall–Kier alpha value is -1.27. The van der Waals surface area contributed by atoms with Crippen LogP contribution in [-0.4, -0.2) is 33.5 Å². The summed E-state index contributed by atoms with van der Waals surface area (Å²) in [5, 5.41) is 8.92. The summed E-state index contributed by atoms with van der Waals surface area (Å²) in [5.74, 6) is 0. The number of nitrogens with zero attached hydrogens (tertiary/aromatic N) is 2. The molecule has 1 fully saturated rings. The van der Waals surface area contributed by atoms with Crippen molar-refractivity contribution in [3.05, 3.63) is 27.9 Å². The second kappa shape index (κ2) is 4.54. The normalized spacial score (nSPS) is 28.6. The predicted molar refractivity (Wildman–Crippen MR) is 58.5 cm³/mol. The van der Waals surface area contributed by atoms with Crippen molar-refractivity contribution in [2.45, 2.75) is 38.8 Å². The molecule has 1 aromatic rings. The van der Waals surface area contributed by atoms with Crippen molar-refractivity contribution >= 4 is 0 Å². The van der Waals surface area contributed by atoms with Gasteiger partial charge in [-0.25, -0.2) is 9.18 Å². The van der Waals surface area contributed by atoms with Crippen LogP contribution in [0.5, 0.6) is 0 Å². The van der Waals surface area contributed by atoms with E-state index in [9.17, 15) is 9.18 Å². The Bertz CT molecular complexity index is 474. The first kappa shape index (κ1) is 12.2. The van der Waals surface area contributed by atoms with Crippen molar-refractivity contribution < 1.29 is 14.2 Å². The lowest BCUT2D eigenvalue weighted by Crippen LogP contribution is -2.31. The summed E-state index contributed by atoms with van der Waals surface area (Å²) in [6.45, 7) is 3.27. The molecule has 0 aromatic carbocycles. The van der Waals surface area contributed by atoms with Gasteiger partial charge in [0.05, 0.1) is 12.7 Å². The molecule has 2 heterocycles. The zero-order chi connectivity index (χ0) is 12.6. The Morgan fingerprint density at radius 2 is 2.35 bits per heavy atom. The Kier molecular flexibility index (Phi) is 3.26. The Balaban J connectivity index is 2.35. The first-order valence-corrected chi connectivity index (χ1v) is 5.49. The summed E-state index contributed by atoms with van der Waals surface area (Å²) in [7, 11) is 0. The van der Waals surface area contributed by atoms with E-state index in [-0.39, 0.29) is 13.0 Å². The van der Waals surface area contributed by atoms with E-state index in [1.807, 2.05) is 0 Å². The fourth-order valence-corrected chi connectivity index (χ4v) is 1.89. The van der Waals surface area contributed by atoms with Crippen LogP contribution in [0.4, 0.5) is 4.39 Å². The Morgan fingerprint density at radius 1 is 1.65 bits per heavy atom. The van der Waals surface area contributed by atoms with Crippen LogP contribution in [0, 0.1) is 13.8 Å². The number of halogens is 1. The zero-order valence-corrected chi connectivity index (χ0v) is 9.76. The van der Waals surface area contributed by atoms with E-state index in [2.05, 4.69) is 4.98 Å². The van der Waals surface area contributed by atoms with E-state index < -0.39 is 24.2 Å². The molecule has 1 aliphatic heterocycles.